The van der Waals surface area contributed by atoms with Crippen molar-refractivity contribution in [2.24, 2.45) is 0 Å². The molecule has 0 radical (unpaired) electrons. The molecule has 2 aliphatic rings. The Morgan fingerprint density at radius 1 is 1.00 bits per heavy atom. The fourth-order valence-electron chi connectivity index (χ4n) is 4.37. The number of hydrogen-bond acceptors (Lipinski definition) is 3. The van der Waals surface area contributed by atoms with Gasteiger partial charge in [-0.3, -0.25) is 9.59 Å². The molecule has 160 valence electrons. The second-order valence-corrected chi connectivity index (χ2v) is 8.41. The Balaban J connectivity index is 1.21. The molecular formula is C24H29N5O2+2. The number of carbonyl (C=O) groups excluding carboxylic acids is 2. The number of nitriles is 1. The Bertz CT molecular complexity index is 957. The summed E-state index contributed by atoms with van der Waals surface area (Å²) in [5.41, 5.74) is 3.60. The summed E-state index contributed by atoms with van der Waals surface area (Å²) in [5.74, 6) is 0.191. The van der Waals surface area contributed by atoms with Crippen LogP contribution in [0.4, 0.5) is 11.4 Å². The van der Waals surface area contributed by atoms with Gasteiger partial charge in [-0.05, 0) is 42.8 Å². The van der Waals surface area contributed by atoms with Gasteiger partial charge >= 0.3 is 0 Å². The number of carbonyl (C=O) groups is 2. The van der Waals surface area contributed by atoms with Gasteiger partial charge in [0.1, 0.15) is 32.7 Å². The molecule has 0 bridgehead atoms. The van der Waals surface area contributed by atoms with Gasteiger partial charge in [0.25, 0.3) is 5.91 Å². The highest BCUT2D eigenvalue weighted by Crippen LogP contribution is 2.22. The smallest absolute Gasteiger partial charge is 0.279 e. The van der Waals surface area contributed by atoms with Crippen molar-refractivity contribution in [3.63, 3.8) is 0 Å². The van der Waals surface area contributed by atoms with E-state index in [4.69, 9.17) is 5.26 Å². The number of rotatable bonds is 6. The summed E-state index contributed by atoms with van der Waals surface area (Å²) in [6.07, 6.45) is 1.52. The number of quaternary nitrogens is 2. The van der Waals surface area contributed by atoms with E-state index in [1.54, 1.807) is 4.90 Å². The predicted molar refractivity (Wildman–Crippen MR) is 118 cm³/mol. The predicted octanol–water partition coefficient (Wildman–Crippen LogP) is -0.393. The fraction of sp³-hybridized carbons (Fsp3) is 0.375. The topological polar surface area (TPSA) is 82.1 Å². The van der Waals surface area contributed by atoms with E-state index in [9.17, 15) is 9.59 Å². The molecule has 2 aromatic carbocycles. The summed E-state index contributed by atoms with van der Waals surface area (Å²) in [7, 11) is 0. The lowest BCUT2D eigenvalue weighted by atomic mass is 10.1. The van der Waals surface area contributed by atoms with Gasteiger partial charge in [-0.15, -0.1) is 0 Å². The number of nitrogens with one attached hydrogen (secondary N) is 3. The van der Waals surface area contributed by atoms with Gasteiger partial charge in [0.15, 0.2) is 6.54 Å². The molecule has 2 aliphatic heterocycles. The molecule has 0 spiro atoms. The SMILES string of the molecule is N#Cc1ccc(C[NH+]2CC[NH+](CC(=O)Nc3ccc(N4CCCC4=O)cc3)CC2)cc1. The normalized spacial score (nSPS) is 21.0. The molecule has 2 amide bonds. The van der Waals surface area contributed by atoms with Crippen LogP contribution in [0.5, 0.6) is 0 Å². The van der Waals surface area contributed by atoms with Gasteiger partial charge in [-0.1, -0.05) is 12.1 Å². The van der Waals surface area contributed by atoms with Crippen LogP contribution in [0.3, 0.4) is 0 Å². The van der Waals surface area contributed by atoms with E-state index in [-0.39, 0.29) is 11.8 Å². The van der Waals surface area contributed by atoms with Crippen LogP contribution >= 0.6 is 0 Å². The molecule has 4 rings (SSSR count). The van der Waals surface area contributed by atoms with Crippen molar-refractivity contribution < 1.29 is 19.4 Å². The first-order valence-electron chi connectivity index (χ1n) is 11.0. The Labute approximate surface area is 182 Å². The summed E-state index contributed by atoms with van der Waals surface area (Å²) >= 11 is 0. The third-order valence-electron chi connectivity index (χ3n) is 6.15. The number of anilines is 2. The van der Waals surface area contributed by atoms with Crippen LogP contribution in [-0.4, -0.2) is 51.1 Å². The highest BCUT2D eigenvalue weighted by molar-refractivity contribution is 5.96. The van der Waals surface area contributed by atoms with Gasteiger partial charge in [-0.2, -0.15) is 5.26 Å². The monoisotopic (exact) mass is 419 g/mol. The van der Waals surface area contributed by atoms with Crippen LogP contribution in [0.15, 0.2) is 48.5 Å². The quantitative estimate of drug-likeness (QED) is 0.596. The van der Waals surface area contributed by atoms with Crippen molar-refractivity contribution in [1.29, 1.82) is 5.26 Å². The number of hydrogen-bond donors (Lipinski definition) is 3. The molecule has 0 unspecified atom stereocenters. The van der Waals surface area contributed by atoms with Crippen molar-refractivity contribution in [2.45, 2.75) is 19.4 Å². The molecular weight excluding hydrogens is 390 g/mol. The number of piperazine rings is 1. The zero-order chi connectivity index (χ0) is 21.6. The molecule has 2 heterocycles. The van der Waals surface area contributed by atoms with Crippen molar-refractivity contribution >= 4 is 23.2 Å². The largest absolute Gasteiger partial charge is 0.322 e. The van der Waals surface area contributed by atoms with Gasteiger partial charge in [0, 0.05) is 29.9 Å². The van der Waals surface area contributed by atoms with Crippen LogP contribution in [0.25, 0.3) is 0 Å². The minimum atomic E-state index is 0.0236. The molecule has 0 aromatic heterocycles. The highest BCUT2D eigenvalue weighted by atomic mass is 16.2. The van der Waals surface area contributed by atoms with E-state index in [1.807, 2.05) is 48.5 Å². The summed E-state index contributed by atoms with van der Waals surface area (Å²) in [4.78, 5) is 28.9. The molecule has 2 aromatic rings. The van der Waals surface area contributed by atoms with Crippen molar-refractivity contribution in [1.82, 2.24) is 0 Å². The molecule has 7 nitrogen and oxygen atoms in total. The van der Waals surface area contributed by atoms with Gasteiger partial charge < -0.3 is 20.0 Å². The highest BCUT2D eigenvalue weighted by Gasteiger charge is 2.25. The minimum Gasteiger partial charge on any atom is -0.322 e. The van der Waals surface area contributed by atoms with E-state index in [1.165, 1.54) is 15.4 Å². The van der Waals surface area contributed by atoms with E-state index in [0.29, 0.717) is 18.5 Å². The van der Waals surface area contributed by atoms with Crippen LogP contribution in [0.2, 0.25) is 0 Å². The molecule has 0 saturated carbocycles. The summed E-state index contributed by atoms with van der Waals surface area (Å²) < 4.78 is 0. The first-order chi connectivity index (χ1) is 15.1. The zero-order valence-electron chi connectivity index (χ0n) is 17.7. The standard InChI is InChI=1S/C24H27N5O2/c25-16-19-3-5-20(6-4-19)17-27-12-14-28(15-13-27)18-23(30)26-21-7-9-22(10-8-21)29-11-1-2-24(29)31/h3-10H,1-2,11-15,17-18H2,(H,26,30)/p+2. The summed E-state index contributed by atoms with van der Waals surface area (Å²) in [5, 5.41) is 11.9. The second-order valence-electron chi connectivity index (χ2n) is 8.41. The Morgan fingerprint density at radius 3 is 2.29 bits per heavy atom. The van der Waals surface area contributed by atoms with E-state index >= 15 is 0 Å². The second kappa shape index (κ2) is 9.73. The molecule has 2 saturated heterocycles. The lowest BCUT2D eigenvalue weighted by molar-refractivity contribution is -1.02. The van der Waals surface area contributed by atoms with Gasteiger partial charge in [0.2, 0.25) is 5.91 Å². The van der Waals surface area contributed by atoms with Gasteiger partial charge in [-0.25, -0.2) is 0 Å². The maximum Gasteiger partial charge on any atom is 0.279 e. The average Bonchev–Trinajstić information content (AvgIpc) is 3.22. The third kappa shape index (κ3) is 5.48. The van der Waals surface area contributed by atoms with Crippen molar-refractivity contribution in [3.05, 3.63) is 59.7 Å². The third-order valence-corrected chi connectivity index (χ3v) is 6.15. The Hall–Kier alpha value is -3.21. The average molecular weight is 420 g/mol. The van der Waals surface area contributed by atoms with Crippen molar-refractivity contribution in [2.75, 3.05) is 49.5 Å². The maximum atomic E-state index is 12.5. The molecule has 0 aliphatic carbocycles. The van der Waals surface area contributed by atoms with Crippen LogP contribution in [-0.2, 0) is 16.1 Å². The number of nitrogens with zero attached hydrogens (tertiary/aromatic N) is 2. The number of amides is 2. The summed E-state index contributed by atoms with van der Waals surface area (Å²) in [6.45, 7) is 6.19. The van der Waals surface area contributed by atoms with Gasteiger partial charge in [0.05, 0.1) is 11.6 Å². The van der Waals surface area contributed by atoms with Crippen molar-refractivity contribution in [3.8, 4) is 6.07 Å². The molecule has 2 fully saturated rings. The number of benzene rings is 2. The molecule has 3 N–H and O–H groups in total. The van der Waals surface area contributed by atoms with E-state index in [2.05, 4.69) is 11.4 Å². The fourth-order valence-corrected chi connectivity index (χ4v) is 4.37. The molecule has 31 heavy (non-hydrogen) atoms. The summed E-state index contributed by atoms with van der Waals surface area (Å²) in [6, 6.07) is 17.5. The maximum absolute atomic E-state index is 12.5. The van der Waals surface area contributed by atoms with Crippen LogP contribution in [0, 0.1) is 11.3 Å². The van der Waals surface area contributed by atoms with Crippen LogP contribution < -0.4 is 20.0 Å². The Morgan fingerprint density at radius 2 is 1.68 bits per heavy atom. The minimum absolute atomic E-state index is 0.0236. The first kappa shape index (κ1) is 21.0. The van der Waals surface area contributed by atoms with E-state index in [0.717, 1.165) is 57.1 Å². The molecule has 0 atom stereocenters. The lowest BCUT2D eigenvalue weighted by Crippen LogP contribution is -3.28. The molecule has 7 heteroatoms. The van der Waals surface area contributed by atoms with E-state index < -0.39 is 0 Å². The first-order valence-corrected chi connectivity index (χ1v) is 11.0. The zero-order valence-corrected chi connectivity index (χ0v) is 17.7. The van der Waals surface area contributed by atoms with Crippen LogP contribution in [0.1, 0.15) is 24.0 Å². The Kier molecular flexibility index (Phi) is 6.60. The lowest BCUT2D eigenvalue weighted by Gasteiger charge is -2.29.